The smallest absolute Gasteiger partial charge is 0.340 e. The molecule has 3 aromatic carbocycles. The largest absolute Gasteiger partial charge is 0.435 e. The molecule has 0 unspecified atom stereocenters. The highest BCUT2D eigenvalue weighted by molar-refractivity contribution is 7.10. The van der Waals surface area contributed by atoms with E-state index in [1.807, 2.05) is 24.4 Å². The Bertz CT molecular complexity index is 1870. The van der Waals surface area contributed by atoms with Crippen LogP contribution in [0.2, 0.25) is 0 Å². The van der Waals surface area contributed by atoms with Crippen LogP contribution in [-0.4, -0.2) is 63.7 Å². The molecule has 2 atom stereocenters. The molecule has 3 heterocycles. The summed E-state index contributed by atoms with van der Waals surface area (Å²) in [5, 5.41) is 15.8. The molecule has 1 aliphatic heterocycles. The van der Waals surface area contributed by atoms with Crippen molar-refractivity contribution in [3.8, 4) is 17.3 Å². The highest BCUT2D eigenvalue weighted by Crippen LogP contribution is 2.44. The number of hydrogen-bond acceptors (Lipinski definition) is 10. The van der Waals surface area contributed by atoms with Crippen LogP contribution in [0.15, 0.2) is 84.8 Å². The van der Waals surface area contributed by atoms with Crippen molar-refractivity contribution in [2.75, 3.05) is 33.1 Å². The molecule has 0 radical (unpaired) electrons. The fourth-order valence-electron chi connectivity index (χ4n) is 5.66. The first kappa shape index (κ1) is 33.0. The maximum Gasteiger partial charge on any atom is 0.340 e. The lowest BCUT2D eigenvalue weighted by Crippen LogP contribution is -2.42. The Morgan fingerprint density at radius 2 is 1.88 bits per heavy atom. The third kappa shape index (κ3) is 7.48. The lowest BCUT2D eigenvalue weighted by Gasteiger charge is -2.38. The first-order valence-electron chi connectivity index (χ1n) is 15.3. The summed E-state index contributed by atoms with van der Waals surface area (Å²) in [5.74, 6) is -2.86. The van der Waals surface area contributed by atoms with Gasteiger partial charge in [0.05, 0.1) is 47.7 Å². The number of carbonyl (C=O) groups is 1. The van der Waals surface area contributed by atoms with Crippen molar-refractivity contribution in [1.29, 1.82) is 5.26 Å². The summed E-state index contributed by atoms with van der Waals surface area (Å²) < 4.78 is 48.8. The summed E-state index contributed by atoms with van der Waals surface area (Å²) in [6.07, 6.45) is 2.80. The number of thiazole rings is 1. The minimum Gasteiger partial charge on any atom is -0.435 e. The van der Waals surface area contributed by atoms with E-state index >= 15 is 4.39 Å². The molecule has 0 saturated carbocycles. The summed E-state index contributed by atoms with van der Waals surface area (Å²) >= 11 is 1.34. The van der Waals surface area contributed by atoms with Gasteiger partial charge in [-0.1, -0.05) is 37.3 Å². The summed E-state index contributed by atoms with van der Waals surface area (Å²) in [5.41, 5.74) is 1.82. The highest BCUT2D eigenvalue weighted by Gasteiger charge is 2.45. The van der Waals surface area contributed by atoms with Gasteiger partial charge < -0.3 is 14.2 Å². The van der Waals surface area contributed by atoms with Gasteiger partial charge in [0.15, 0.2) is 6.79 Å². The van der Waals surface area contributed by atoms with Crippen LogP contribution >= 0.6 is 11.3 Å². The number of esters is 1. The van der Waals surface area contributed by atoms with Gasteiger partial charge in [-0.3, -0.25) is 4.90 Å². The SMILES string of the molecule is C[C@@H](c1nc(-c2ccc(C#N)cc2)cs1)[C@@](Cn1cncn1)(OCOC(=O)c1ccc(CN2CCOCC2)cc1)c1ccc(F)cc1F. The van der Waals surface area contributed by atoms with E-state index in [0.29, 0.717) is 35.0 Å². The summed E-state index contributed by atoms with van der Waals surface area (Å²) in [6, 6.07) is 19.5. The third-order valence-electron chi connectivity index (χ3n) is 8.36. The van der Waals surface area contributed by atoms with Crippen LogP contribution in [0, 0.1) is 23.0 Å². The Kier molecular flexibility index (Phi) is 10.3. The molecule has 1 saturated heterocycles. The molecule has 5 aromatic rings. The number of nitrogens with zero attached hydrogens (tertiary/aromatic N) is 6. The summed E-state index contributed by atoms with van der Waals surface area (Å²) in [7, 11) is 0. The monoisotopic (exact) mass is 670 g/mol. The Hall–Kier alpha value is -4.87. The second-order valence-corrected chi connectivity index (χ2v) is 12.3. The second kappa shape index (κ2) is 14.9. The van der Waals surface area contributed by atoms with Crippen molar-refractivity contribution in [2.45, 2.75) is 31.5 Å². The van der Waals surface area contributed by atoms with Gasteiger partial charge in [0.1, 0.15) is 29.9 Å². The lowest BCUT2D eigenvalue weighted by atomic mass is 9.81. The van der Waals surface area contributed by atoms with E-state index in [1.54, 1.807) is 36.4 Å². The molecule has 0 amide bonds. The normalized spacial score (nSPS) is 15.4. The Labute approximate surface area is 280 Å². The fourth-order valence-corrected chi connectivity index (χ4v) is 6.63. The summed E-state index contributed by atoms with van der Waals surface area (Å²) in [6.45, 7) is 5.06. The van der Waals surface area contributed by atoms with Gasteiger partial charge in [0.25, 0.3) is 0 Å². The van der Waals surface area contributed by atoms with E-state index in [4.69, 9.17) is 19.2 Å². The number of rotatable bonds is 12. The first-order valence-corrected chi connectivity index (χ1v) is 16.2. The molecule has 13 heteroatoms. The van der Waals surface area contributed by atoms with Crippen molar-refractivity contribution < 1.29 is 27.8 Å². The lowest BCUT2D eigenvalue weighted by molar-refractivity contribution is -0.148. The van der Waals surface area contributed by atoms with Crippen LogP contribution in [0.25, 0.3) is 11.3 Å². The van der Waals surface area contributed by atoms with Crippen LogP contribution in [0.3, 0.4) is 0 Å². The molecule has 0 aliphatic carbocycles. The molecule has 0 bridgehead atoms. The zero-order valence-electron chi connectivity index (χ0n) is 26.1. The Balaban J connectivity index is 1.27. The average molecular weight is 671 g/mol. The van der Waals surface area contributed by atoms with Gasteiger partial charge >= 0.3 is 5.97 Å². The van der Waals surface area contributed by atoms with Gasteiger partial charge in [0, 0.05) is 48.1 Å². The van der Waals surface area contributed by atoms with E-state index in [-0.39, 0.29) is 12.1 Å². The van der Waals surface area contributed by atoms with Crippen molar-refractivity contribution in [1.82, 2.24) is 24.6 Å². The number of halogens is 2. The Morgan fingerprint density at radius 1 is 1.10 bits per heavy atom. The zero-order valence-corrected chi connectivity index (χ0v) is 26.9. The van der Waals surface area contributed by atoms with Crippen molar-refractivity contribution >= 4 is 17.3 Å². The van der Waals surface area contributed by atoms with Crippen LogP contribution in [0.5, 0.6) is 0 Å². The van der Waals surface area contributed by atoms with Gasteiger partial charge in [-0.05, 0) is 35.9 Å². The fraction of sp³-hybridized carbons (Fsp3) is 0.286. The quantitative estimate of drug-likeness (QED) is 0.118. The predicted octanol–water partition coefficient (Wildman–Crippen LogP) is 5.91. The summed E-state index contributed by atoms with van der Waals surface area (Å²) in [4.78, 5) is 24.3. The molecule has 6 rings (SSSR count). The van der Waals surface area contributed by atoms with Gasteiger partial charge in [-0.2, -0.15) is 10.4 Å². The van der Waals surface area contributed by atoms with Gasteiger partial charge in [0.2, 0.25) is 0 Å². The van der Waals surface area contributed by atoms with Crippen molar-refractivity contribution in [3.63, 3.8) is 0 Å². The predicted molar refractivity (Wildman–Crippen MR) is 173 cm³/mol. The number of carbonyl (C=O) groups excluding carboxylic acids is 1. The van der Waals surface area contributed by atoms with E-state index in [2.05, 4.69) is 21.1 Å². The van der Waals surface area contributed by atoms with E-state index in [9.17, 15) is 14.4 Å². The minimum atomic E-state index is -1.58. The molecule has 48 heavy (non-hydrogen) atoms. The number of hydrogen-bond donors (Lipinski definition) is 0. The highest BCUT2D eigenvalue weighted by atomic mass is 32.1. The molecule has 0 N–H and O–H groups in total. The van der Waals surface area contributed by atoms with Crippen LogP contribution in [0.1, 0.15) is 44.9 Å². The molecule has 10 nitrogen and oxygen atoms in total. The second-order valence-electron chi connectivity index (χ2n) is 11.4. The standard InChI is InChI=1S/C35H32F2N6O4S/c1-24(33-41-32(19-48-33)27-6-2-25(17-38)3-7-27)35(20-43-22-39-21-40-43,30-11-10-29(36)16-31(30)37)47-23-46-34(44)28-8-4-26(5-9-28)18-42-12-14-45-15-13-42/h2-11,16,19,21-22,24H,12-15,18,20,23H2,1H3/t24-,35+/m0/s1. The van der Waals surface area contributed by atoms with Crippen LogP contribution < -0.4 is 0 Å². The zero-order chi connectivity index (χ0) is 33.5. The molecule has 1 aliphatic rings. The Morgan fingerprint density at radius 3 is 2.56 bits per heavy atom. The number of nitriles is 1. The molecule has 1 fully saturated rings. The molecule has 246 valence electrons. The molecule has 0 spiro atoms. The van der Waals surface area contributed by atoms with Crippen molar-refractivity contribution in [2.24, 2.45) is 0 Å². The molecule has 2 aromatic heterocycles. The minimum absolute atomic E-state index is 0.0329. The number of morpholine rings is 1. The van der Waals surface area contributed by atoms with Gasteiger partial charge in [-0.15, -0.1) is 11.3 Å². The molecular formula is C35H32F2N6O4S. The van der Waals surface area contributed by atoms with Gasteiger partial charge in [-0.25, -0.2) is 28.2 Å². The molecular weight excluding hydrogens is 638 g/mol. The maximum atomic E-state index is 15.7. The third-order valence-corrected chi connectivity index (χ3v) is 9.39. The van der Waals surface area contributed by atoms with E-state index in [0.717, 1.165) is 42.9 Å². The average Bonchev–Trinajstić information content (AvgIpc) is 3.81. The first-order chi connectivity index (χ1) is 23.3. The van der Waals surface area contributed by atoms with E-state index in [1.165, 1.54) is 34.7 Å². The number of benzene rings is 3. The van der Waals surface area contributed by atoms with Crippen molar-refractivity contribution in [3.05, 3.63) is 124 Å². The number of aromatic nitrogens is 4. The van der Waals surface area contributed by atoms with E-state index < -0.39 is 35.9 Å². The maximum absolute atomic E-state index is 15.7. The topological polar surface area (TPSA) is 115 Å². The van der Waals surface area contributed by atoms with Crippen LogP contribution in [0.4, 0.5) is 8.78 Å². The van der Waals surface area contributed by atoms with Crippen LogP contribution in [-0.2, 0) is 32.9 Å². The number of ether oxygens (including phenoxy) is 3.